The van der Waals surface area contributed by atoms with Crippen LogP contribution in [0, 0.1) is 5.92 Å². The van der Waals surface area contributed by atoms with Gasteiger partial charge in [-0.15, -0.1) is 0 Å². The smallest absolute Gasteiger partial charge is 0.165 e. The van der Waals surface area contributed by atoms with Crippen molar-refractivity contribution in [1.29, 1.82) is 0 Å². The highest BCUT2D eigenvalue weighted by molar-refractivity contribution is 5.58. The van der Waals surface area contributed by atoms with E-state index >= 15 is 0 Å². The largest absolute Gasteiger partial charge is 0.504 e. The summed E-state index contributed by atoms with van der Waals surface area (Å²) >= 11 is 0. The van der Waals surface area contributed by atoms with Gasteiger partial charge in [-0.2, -0.15) is 0 Å². The van der Waals surface area contributed by atoms with E-state index in [9.17, 15) is 15.3 Å². The van der Waals surface area contributed by atoms with Crippen LogP contribution in [0.4, 0.5) is 0 Å². The second-order valence-electron chi connectivity index (χ2n) is 8.75. The van der Waals surface area contributed by atoms with Crippen LogP contribution >= 0.6 is 0 Å². The van der Waals surface area contributed by atoms with Crippen LogP contribution in [0.3, 0.4) is 0 Å². The Kier molecular flexibility index (Phi) is 3.79. The van der Waals surface area contributed by atoms with E-state index in [1.54, 1.807) is 6.07 Å². The van der Waals surface area contributed by atoms with E-state index in [2.05, 4.69) is 11.8 Å². The highest BCUT2D eigenvalue weighted by Gasteiger charge is 2.61. The quantitative estimate of drug-likeness (QED) is 0.768. The summed E-state index contributed by atoms with van der Waals surface area (Å²) in [6.45, 7) is 4.15. The summed E-state index contributed by atoms with van der Waals surface area (Å²) in [7, 11) is 0. The zero-order valence-corrected chi connectivity index (χ0v) is 15.4. The summed E-state index contributed by atoms with van der Waals surface area (Å²) in [5.74, 6) is 1.10. The Morgan fingerprint density at radius 3 is 2.77 bits per heavy atom. The number of aromatic hydroxyl groups is 1. The van der Waals surface area contributed by atoms with Gasteiger partial charge in [-0.25, -0.2) is 0 Å². The third kappa shape index (κ3) is 2.20. The highest BCUT2D eigenvalue weighted by Crippen LogP contribution is 2.58. The van der Waals surface area contributed by atoms with E-state index in [4.69, 9.17) is 4.74 Å². The molecule has 4 aliphatic rings. The average Bonchev–Trinajstić information content (AvgIpc) is 3.01. The van der Waals surface area contributed by atoms with Crippen molar-refractivity contribution in [3.63, 3.8) is 0 Å². The molecule has 0 saturated heterocycles. The van der Waals surface area contributed by atoms with Gasteiger partial charge in [0, 0.05) is 18.2 Å². The van der Waals surface area contributed by atoms with Crippen LogP contribution in [-0.4, -0.2) is 57.2 Å². The lowest BCUT2D eigenvalue weighted by molar-refractivity contribution is -0.142. The van der Waals surface area contributed by atoms with Crippen LogP contribution in [0.1, 0.15) is 56.1 Å². The molecule has 2 fully saturated rings. The van der Waals surface area contributed by atoms with Gasteiger partial charge < -0.3 is 20.1 Å². The normalized spacial score (nSPS) is 38.0. The lowest BCUT2D eigenvalue weighted by Gasteiger charge is -2.53. The van der Waals surface area contributed by atoms with E-state index in [0.717, 1.165) is 36.6 Å². The molecule has 5 atom stereocenters. The van der Waals surface area contributed by atoms with Crippen molar-refractivity contribution in [1.82, 2.24) is 4.90 Å². The number of hydrogen-bond acceptors (Lipinski definition) is 5. The van der Waals surface area contributed by atoms with Gasteiger partial charge >= 0.3 is 0 Å². The highest BCUT2D eigenvalue weighted by atomic mass is 16.5. The predicted octanol–water partition coefficient (Wildman–Crippen LogP) is 2.17. The molecule has 0 spiro atoms. The first-order valence-electron chi connectivity index (χ1n) is 10.2. The standard InChI is InChI=1S/C21H29NO4/c1-2-22(11-12-4-3-5-12)16-10-13-6-7-14(23)19-17(13)18-20(26-19)15(24)8-9-21(16,18)25/h6-7,12,15-16,18,20,23-25H,2-5,8-11H2,1H3/t15-,16+,18?,20?,21+/m0/s1. The number of phenols is 1. The van der Waals surface area contributed by atoms with Crippen molar-refractivity contribution in [3.05, 3.63) is 23.3 Å². The SMILES string of the molecule is CCN(CC1CCC1)[C@@H]1Cc2ccc(O)c3c2C2C(O3)[C@@H](O)CC[C@]21O. The maximum absolute atomic E-state index is 11.9. The third-order valence-electron chi connectivity index (χ3n) is 7.47. The second-order valence-corrected chi connectivity index (χ2v) is 8.75. The van der Waals surface area contributed by atoms with Crippen LogP contribution in [0.5, 0.6) is 11.5 Å². The Morgan fingerprint density at radius 2 is 2.08 bits per heavy atom. The van der Waals surface area contributed by atoms with Crippen molar-refractivity contribution < 1.29 is 20.1 Å². The zero-order valence-electron chi connectivity index (χ0n) is 15.4. The molecule has 1 aliphatic heterocycles. The molecule has 0 bridgehead atoms. The van der Waals surface area contributed by atoms with Gasteiger partial charge in [0.15, 0.2) is 11.5 Å². The van der Waals surface area contributed by atoms with Gasteiger partial charge in [-0.3, -0.25) is 4.90 Å². The fraction of sp³-hybridized carbons (Fsp3) is 0.714. The fourth-order valence-corrected chi connectivity index (χ4v) is 5.86. The van der Waals surface area contributed by atoms with Gasteiger partial charge in [0.25, 0.3) is 0 Å². The summed E-state index contributed by atoms with van der Waals surface area (Å²) in [4.78, 5) is 2.46. The molecule has 1 aromatic carbocycles. The first-order valence-corrected chi connectivity index (χ1v) is 10.2. The Morgan fingerprint density at radius 1 is 1.27 bits per heavy atom. The minimum atomic E-state index is -0.907. The molecule has 3 aliphatic carbocycles. The number of benzene rings is 1. The molecule has 0 radical (unpaired) electrons. The predicted molar refractivity (Wildman–Crippen MR) is 97.5 cm³/mol. The molecule has 0 aromatic heterocycles. The van der Waals surface area contributed by atoms with E-state index in [1.807, 2.05) is 6.07 Å². The summed E-state index contributed by atoms with van der Waals surface area (Å²) in [6, 6.07) is 3.71. The van der Waals surface area contributed by atoms with Gasteiger partial charge in [0.05, 0.1) is 17.6 Å². The third-order valence-corrected chi connectivity index (χ3v) is 7.47. The number of aliphatic hydroxyl groups excluding tert-OH is 1. The first-order chi connectivity index (χ1) is 12.5. The molecule has 26 heavy (non-hydrogen) atoms. The van der Waals surface area contributed by atoms with Crippen LogP contribution in [-0.2, 0) is 6.42 Å². The van der Waals surface area contributed by atoms with Crippen LogP contribution < -0.4 is 4.74 Å². The number of ether oxygens (including phenoxy) is 1. The molecule has 2 unspecified atom stereocenters. The van der Waals surface area contributed by atoms with E-state index in [-0.39, 0.29) is 17.7 Å². The van der Waals surface area contributed by atoms with Crippen LogP contribution in [0.15, 0.2) is 12.1 Å². The molecule has 5 nitrogen and oxygen atoms in total. The molecular weight excluding hydrogens is 330 g/mol. The van der Waals surface area contributed by atoms with E-state index in [0.29, 0.717) is 18.6 Å². The molecule has 5 rings (SSSR count). The molecule has 3 N–H and O–H groups in total. The van der Waals surface area contributed by atoms with Crippen LogP contribution in [0.25, 0.3) is 0 Å². The number of likely N-dealkylation sites (N-methyl/N-ethyl adjacent to an activating group) is 1. The molecule has 2 saturated carbocycles. The maximum Gasteiger partial charge on any atom is 0.165 e. The molecular formula is C21H29NO4. The second kappa shape index (κ2) is 5.85. The number of phenolic OH excluding ortho intramolecular Hbond substituents is 1. The summed E-state index contributed by atoms with van der Waals surface area (Å²) in [5.41, 5.74) is 1.18. The van der Waals surface area contributed by atoms with Gasteiger partial charge in [-0.05, 0) is 56.2 Å². The molecule has 1 heterocycles. The number of aliphatic hydroxyl groups is 2. The zero-order chi connectivity index (χ0) is 18.1. The molecule has 1 aromatic rings. The van der Waals surface area contributed by atoms with Crippen molar-refractivity contribution in [2.24, 2.45) is 5.92 Å². The van der Waals surface area contributed by atoms with Gasteiger partial charge in [0.1, 0.15) is 6.10 Å². The number of hydrogen-bond donors (Lipinski definition) is 3. The topological polar surface area (TPSA) is 73.2 Å². The first kappa shape index (κ1) is 16.8. The maximum atomic E-state index is 11.9. The lowest BCUT2D eigenvalue weighted by atomic mass is 9.61. The Hall–Kier alpha value is -1.30. The van der Waals surface area contributed by atoms with E-state index < -0.39 is 17.8 Å². The molecule has 5 heteroatoms. The van der Waals surface area contributed by atoms with Gasteiger partial charge in [0.2, 0.25) is 0 Å². The monoisotopic (exact) mass is 359 g/mol. The van der Waals surface area contributed by atoms with Gasteiger partial charge in [-0.1, -0.05) is 19.4 Å². The fourth-order valence-electron chi connectivity index (χ4n) is 5.86. The summed E-state index contributed by atoms with van der Waals surface area (Å²) in [6.07, 6.45) is 4.77. The minimum absolute atomic E-state index is 0.0414. The minimum Gasteiger partial charge on any atom is -0.504 e. The van der Waals surface area contributed by atoms with Crippen LogP contribution in [0.2, 0.25) is 0 Å². The van der Waals surface area contributed by atoms with Crippen molar-refractivity contribution in [3.8, 4) is 11.5 Å². The average molecular weight is 359 g/mol. The Bertz CT molecular complexity index is 718. The van der Waals surface area contributed by atoms with Crippen molar-refractivity contribution in [2.45, 2.75) is 75.2 Å². The Labute approximate surface area is 154 Å². The number of rotatable bonds is 4. The lowest BCUT2D eigenvalue weighted by Crippen LogP contribution is -2.65. The molecule has 142 valence electrons. The van der Waals surface area contributed by atoms with Crippen molar-refractivity contribution >= 4 is 0 Å². The number of nitrogens with zero attached hydrogens (tertiary/aromatic N) is 1. The van der Waals surface area contributed by atoms with E-state index in [1.165, 1.54) is 19.3 Å². The van der Waals surface area contributed by atoms with Crippen molar-refractivity contribution in [2.75, 3.05) is 13.1 Å². The summed E-state index contributed by atoms with van der Waals surface area (Å²) < 4.78 is 6.01. The summed E-state index contributed by atoms with van der Waals surface area (Å²) in [5, 5.41) is 32.7. The molecule has 0 amide bonds. The Balaban J connectivity index is 1.58.